The molecule has 0 aliphatic rings. The zero-order chi connectivity index (χ0) is 19.1. The van der Waals surface area contributed by atoms with Gasteiger partial charge in [0, 0.05) is 12.1 Å². The number of carboxylic acid groups (broad SMARTS) is 1. The van der Waals surface area contributed by atoms with Crippen molar-refractivity contribution in [2.75, 3.05) is 19.0 Å². The molecule has 2 rings (SSSR count). The molecule has 0 fully saturated rings. The van der Waals surface area contributed by atoms with Crippen LogP contribution < -0.4 is 14.8 Å². The van der Waals surface area contributed by atoms with Gasteiger partial charge in [0.25, 0.3) is 0 Å². The number of carbonyl (C=O) groups excluding carboxylic acids is 1. The lowest BCUT2D eigenvalue weighted by Crippen LogP contribution is -2.14. The Kier molecular flexibility index (Phi) is 6.86. The van der Waals surface area contributed by atoms with Crippen molar-refractivity contribution in [3.05, 3.63) is 53.1 Å². The van der Waals surface area contributed by atoms with Gasteiger partial charge in [-0.2, -0.15) is 0 Å². The number of amides is 1. The smallest absolute Gasteiger partial charge is 0.341 e. The van der Waals surface area contributed by atoms with Gasteiger partial charge < -0.3 is 19.9 Å². The van der Waals surface area contributed by atoms with Crippen LogP contribution in [0.5, 0.6) is 11.5 Å². The van der Waals surface area contributed by atoms with E-state index in [0.29, 0.717) is 12.1 Å². The van der Waals surface area contributed by atoms with Gasteiger partial charge in [-0.15, -0.1) is 0 Å². The van der Waals surface area contributed by atoms with E-state index in [9.17, 15) is 9.59 Å². The number of carboxylic acids is 1. The van der Waals surface area contributed by atoms with Crippen LogP contribution in [0.25, 0.3) is 0 Å². The first-order valence-electron chi connectivity index (χ1n) is 7.97. The molecule has 0 aliphatic carbocycles. The van der Waals surface area contributed by atoms with Crippen molar-refractivity contribution in [3.63, 3.8) is 0 Å². The van der Waals surface area contributed by atoms with Crippen molar-refractivity contribution in [1.82, 2.24) is 0 Å². The Morgan fingerprint density at radius 3 is 2.46 bits per heavy atom. The van der Waals surface area contributed by atoms with Crippen LogP contribution in [0, 0.1) is 0 Å². The van der Waals surface area contributed by atoms with Gasteiger partial charge in [-0.3, -0.25) is 4.79 Å². The van der Waals surface area contributed by atoms with Crippen molar-refractivity contribution < 1.29 is 24.2 Å². The van der Waals surface area contributed by atoms with Gasteiger partial charge in [0.2, 0.25) is 5.91 Å². The summed E-state index contributed by atoms with van der Waals surface area (Å²) in [5, 5.41) is 11.6. The minimum Gasteiger partial charge on any atom is -0.497 e. The normalized spacial score (nSPS) is 11.5. The Morgan fingerprint density at radius 2 is 1.88 bits per heavy atom. The summed E-state index contributed by atoms with van der Waals surface area (Å²) in [7, 11) is 1.61. The fourth-order valence-corrected chi connectivity index (χ4v) is 2.61. The fourth-order valence-electron chi connectivity index (χ4n) is 2.38. The summed E-state index contributed by atoms with van der Waals surface area (Å²) >= 11 is 6.05. The number of aliphatic carboxylic acids is 1. The predicted molar refractivity (Wildman–Crippen MR) is 99.2 cm³/mol. The van der Waals surface area contributed by atoms with Crippen molar-refractivity contribution in [1.29, 1.82) is 0 Å². The van der Waals surface area contributed by atoms with Crippen molar-refractivity contribution in [2.45, 2.75) is 19.3 Å². The van der Waals surface area contributed by atoms with Crippen LogP contribution in [0.2, 0.25) is 5.02 Å². The maximum Gasteiger partial charge on any atom is 0.341 e. The molecule has 138 valence electrons. The number of halogens is 1. The van der Waals surface area contributed by atoms with E-state index in [1.807, 2.05) is 31.2 Å². The van der Waals surface area contributed by atoms with Gasteiger partial charge in [0.15, 0.2) is 6.61 Å². The van der Waals surface area contributed by atoms with Crippen LogP contribution in [-0.2, 0) is 9.59 Å². The maximum atomic E-state index is 12.2. The van der Waals surface area contributed by atoms with E-state index in [-0.39, 0.29) is 22.6 Å². The van der Waals surface area contributed by atoms with E-state index in [4.69, 9.17) is 26.2 Å². The van der Waals surface area contributed by atoms with Crippen LogP contribution in [0.3, 0.4) is 0 Å². The summed E-state index contributed by atoms with van der Waals surface area (Å²) in [6.07, 6.45) is 0.307. The minimum atomic E-state index is -1.09. The summed E-state index contributed by atoms with van der Waals surface area (Å²) in [4.78, 5) is 22.8. The van der Waals surface area contributed by atoms with E-state index in [1.54, 1.807) is 13.2 Å². The molecular weight excluding hydrogens is 358 g/mol. The monoisotopic (exact) mass is 377 g/mol. The number of nitrogens with one attached hydrogen (secondary N) is 1. The molecule has 6 nitrogen and oxygen atoms in total. The molecule has 2 N–H and O–H groups in total. The Hall–Kier alpha value is -2.73. The summed E-state index contributed by atoms with van der Waals surface area (Å²) in [5.74, 6) is -0.187. The van der Waals surface area contributed by atoms with Crippen LogP contribution in [0.15, 0.2) is 42.5 Å². The topological polar surface area (TPSA) is 84.9 Å². The van der Waals surface area contributed by atoms with Gasteiger partial charge in [0.05, 0.1) is 12.1 Å². The lowest BCUT2D eigenvalue weighted by atomic mass is 9.97. The molecule has 26 heavy (non-hydrogen) atoms. The Balaban J connectivity index is 1.94. The number of carbonyl (C=O) groups is 2. The number of hydrogen-bond donors (Lipinski definition) is 2. The van der Waals surface area contributed by atoms with Crippen molar-refractivity contribution in [2.24, 2.45) is 0 Å². The van der Waals surface area contributed by atoms with E-state index in [0.717, 1.165) is 11.3 Å². The third kappa shape index (κ3) is 5.67. The molecule has 0 radical (unpaired) electrons. The standard InChI is InChI=1S/C19H20ClNO5/c1-12(13-3-6-15(25-2)7-4-13)9-18(22)21-14-5-8-17(16(20)10-14)26-11-19(23)24/h3-8,10,12H,9,11H2,1-2H3,(H,21,22)(H,23,24). The molecule has 1 amide bonds. The Labute approximate surface area is 156 Å². The molecule has 2 aromatic rings. The zero-order valence-corrected chi connectivity index (χ0v) is 15.2. The molecule has 0 aliphatic heterocycles. The third-order valence-corrected chi connectivity index (χ3v) is 4.04. The van der Waals surface area contributed by atoms with E-state index in [1.165, 1.54) is 12.1 Å². The summed E-state index contributed by atoms with van der Waals surface area (Å²) < 4.78 is 10.2. The van der Waals surface area contributed by atoms with Crippen LogP contribution >= 0.6 is 11.6 Å². The molecule has 1 atom stereocenters. The molecule has 0 saturated heterocycles. The quantitative estimate of drug-likeness (QED) is 0.727. The predicted octanol–water partition coefficient (Wildman–Crippen LogP) is 3.94. The van der Waals surface area contributed by atoms with Gasteiger partial charge in [0.1, 0.15) is 11.5 Å². The minimum absolute atomic E-state index is 0.0366. The SMILES string of the molecule is COc1ccc(C(C)CC(=O)Nc2ccc(OCC(=O)O)c(Cl)c2)cc1. The molecule has 0 heterocycles. The lowest BCUT2D eigenvalue weighted by Gasteiger charge is -2.13. The number of anilines is 1. The lowest BCUT2D eigenvalue weighted by molar-refractivity contribution is -0.139. The number of ether oxygens (including phenoxy) is 2. The van der Waals surface area contributed by atoms with Crippen LogP contribution in [-0.4, -0.2) is 30.7 Å². The zero-order valence-electron chi connectivity index (χ0n) is 14.5. The van der Waals surface area contributed by atoms with Gasteiger partial charge >= 0.3 is 5.97 Å². The average Bonchev–Trinajstić information content (AvgIpc) is 2.60. The van der Waals surface area contributed by atoms with Gasteiger partial charge in [-0.1, -0.05) is 30.7 Å². The molecule has 0 spiro atoms. The molecule has 0 bridgehead atoms. The molecule has 7 heteroatoms. The molecule has 0 aromatic heterocycles. The number of methoxy groups -OCH3 is 1. The second kappa shape index (κ2) is 9.10. The molecule has 0 saturated carbocycles. The number of benzene rings is 2. The number of rotatable bonds is 8. The van der Waals surface area contributed by atoms with E-state index >= 15 is 0 Å². The summed E-state index contributed by atoms with van der Waals surface area (Å²) in [5.41, 5.74) is 1.56. The highest BCUT2D eigenvalue weighted by molar-refractivity contribution is 6.32. The highest BCUT2D eigenvalue weighted by Gasteiger charge is 2.13. The van der Waals surface area contributed by atoms with Gasteiger partial charge in [-0.05, 0) is 41.8 Å². The van der Waals surface area contributed by atoms with Gasteiger partial charge in [-0.25, -0.2) is 4.79 Å². The molecule has 2 aromatic carbocycles. The second-order valence-corrected chi connectivity index (χ2v) is 6.16. The number of hydrogen-bond acceptors (Lipinski definition) is 4. The maximum absolute atomic E-state index is 12.2. The third-order valence-electron chi connectivity index (χ3n) is 3.74. The second-order valence-electron chi connectivity index (χ2n) is 5.75. The molecule has 1 unspecified atom stereocenters. The van der Waals surface area contributed by atoms with Crippen LogP contribution in [0.4, 0.5) is 5.69 Å². The Morgan fingerprint density at radius 1 is 1.19 bits per heavy atom. The average molecular weight is 378 g/mol. The highest BCUT2D eigenvalue weighted by Crippen LogP contribution is 2.28. The Bertz CT molecular complexity index is 776. The van der Waals surface area contributed by atoms with Crippen LogP contribution in [0.1, 0.15) is 24.8 Å². The van der Waals surface area contributed by atoms with Crippen molar-refractivity contribution >= 4 is 29.2 Å². The van der Waals surface area contributed by atoms with E-state index < -0.39 is 12.6 Å². The fraction of sp³-hybridized carbons (Fsp3) is 0.263. The van der Waals surface area contributed by atoms with Crippen molar-refractivity contribution in [3.8, 4) is 11.5 Å². The first-order valence-corrected chi connectivity index (χ1v) is 8.34. The first-order chi connectivity index (χ1) is 12.4. The highest BCUT2D eigenvalue weighted by atomic mass is 35.5. The first kappa shape index (κ1) is 19.6. The van der Waals surface area contributed by atoms with E-state index in [2.05, 4.69) is 5.32 Å². The largest absolute Gasteiger partial charge is 0.497 e. The summed E-state index contributed by atoms with van der Waals surface area (Å²) in [6.45, 7) is 1.49. The molecular formula is C19H20ClNO5. The summed E-state index contributed by atoms with van der Waals surface area (Å²) in [6, 6.07) is 12.2.